The summed E-state index contributed by atoms with van der Waals surface area (Å²) >= 11 is 9.28. The number of hydrogen-bond acceptors (Lipinski definition) is 5. The van der Waals surface area contributed by atoms with Crippen LogP contribution in [0.4, 0.5) is 0 Å². The SMILES string of the molecule is COc1cc(Br)c(/C=N\NC(=O)C(NC(=O)c2ccc(Cl)cc2)C(C)C)cc1OC. The number of carbonyl (C=O) groups is 2. The van der Waals surface area contributed by atoms with Crippen LogP contribution in [0, 0.1) is 5.92 Å². The van der Waals surface area contributed by atoms with Crippen molar-refractivity contribution in [3.05, 3.63) is 57.0 Å². The molecule has 9 heteroatoms. The maximum absolute atomic E-state index is 12.6. The Morgan fingerprint density at radius 1 is 1.10 bits per heavy atom. The van der Waals surface area contributed by atoms with Crippen molar-refractivity contribution in [3.63, 3.8) is 0 Å². The molecule has 0 aliphatic carbocycles. The number of hydrogen-bond donors (Lipinski definition) is 2. The fraction of sp³-hybridized carbons (Fsp3) is 0.286. The Morgan fingerprint density at radius 2 is 1.70 bits per heavy atom. The summed E-state index contributed by atoms with van der Waals surface area (Å²) in [5.74, 6) is 0.149. The van der Waals surface area contributed by atoms with Gasteiger partial charge in [0.2, 0.25) is 0 Å². The molecule has 0 aliphatic rings. The molecular weight excluding hydrogens is 474 g/mol. The number of benzene rings is 2. The Bertz CT molecular complexity index is 933. The van der Waals surface area contributed by atoms with Gasteiger partial charge in [-0.25, -0.2) is 5.43 Å². The number of halogens is 2. The highest BCUT2D eigenvalue weighted by Crippen LogP contribution is 2.32. The van der Waals surface area contributed by atoms with Gasteiger partial charge in [-0.1, -0.05) is 25.4 Å². The van der Waals surface area contributed by atoms with Gasteiger partial charge in [0.15, 0.2) is 11.5 Å². The molecular formula is C21H23BrClN3O4. The molecule has 0 radical (unpaired) electrons. The molecule has 1 unspecified atom stereocenters. The van der Waals surface area contributed by atoms with Crippen LogP contribution < -0.4 is 20.2 Å². The standard InChI is InChI=1S/C21H23BrClN3O4/c1-12(2)19(25-20(27)13-5-7-15(23)8-6-13)21(28)26-24-11-14-9-17(29-3)18(30-4)10-16(14)22/h5-12,19H,1-4H3,(H,25,27)(H,26,28)/b24-11-. The molecule has 160 valence electrons. The molecule has 2 rings (SSSR count). The summed E-state index contributed by atoms with van der Waals surface area (Å²) in [6, 6.07) is 9.13. The van der Waals surface area contributed by atoms with Crippen molar-refractivity contribution in [2.24, 2.45) is 11.0 Å². The average molecular weight is 497 g/mol. The second-order valence-electron chi connectivity index (χ2n) is 6.67. The first-order chi connectivity index (χ1) is 14.3. The third kappa shape index (κ3) is 6.21. The van der Waals surface area contributed by atoms with Crippen LogP contribution in [0.2, 0.25) is 5.02 Å². The number of nitrogens with zero attached hydrogens (tertiary/aromatic N) is 1. The van der Waals surface area contributed by atoms with Crippen LogP contribution >= 0.6 is 27.5 Å². The third-order valence-electron chi connectivity index (χ3n) is 4.22. The van der Waals surface area contributed by atoms with Crippen molar-refractivity contribution in [1.29, 1.82) is 0 Å². The van der Waals surface area contributed by atoms with E-state index in [1.807, 2.05) is 13.8 Å². The van der Waals surface area contributed by atoms with Crippen LogP contribution in [-0.2, 0) is 4.79 Å². The number of nitrogens with one attached hydrogen (secondary N) is 2. The number of hydrazone groups is 1. The topological polar surface area (TPSA) is 89.0 Å². The third-order valence-corrected chi connectivity index (χ3v) is 5.16. The Balaban J connectivity index is 2.08. The fourth-order valence-electron chi connectivity index (χ4n) is 2.56. The zero-order valence-corrected chi connectivity index (χ0v) is 19.4. The van der Waals surface area contributed by atoms with Crippen molar-refractivity contribution in [2.75, 3.05) is 14.2 Å². The molecule has 2 N–H and O–H groups in total. The molecule has 0 aromatic heterocycles. The van der Waals surface area contributed by atoms with Gasteiger partial charge in [0.25, 0.3) is 11.8 Å². The summed E-state index contributed by atoms with van der Waals surface area (Å²) < 4.78 is 11.2. The van der Waals surface area contributed by atoms with Gasteiger partial charge in [0, 0.05) is 20.6 Å². The predicted molar refractivity (Wildman–Crippen MR) is 121 cm³/mol. The highest BCUT2D eigenvalue weighted by Gasteiger charge is 2.24. The summed E-state index contributed by atoms with van der Waals surface area (Å²) in [6.07, 6.45) is 1.47. The van der Waals surface area contributed by atoms with Crippen molar-refractivity contribution in [2.45, 2.75) is 19.9 Å². The van der Waals surface area contributed by atoms with Crippen LogP contribution in [0.15, 0.2) is 46.0 Å². The van der Waals surface area contributed by atoms with Gasteiger partial charge in [-0.3, -0.25) is 9.59 Å². The number of carbonyl (C=O) groups excluding carboxylic acids is 2. The quantitative estimate of drug-likeness (QED) is 0.427. The minimum atomic E-state index is -0.765. The molecule has 2 aromatic rings. The summed E-state index contributed by atoms with van der Waals surface area (Å²) in [5, 5.41) is 7.27. The van der Waals surface area contributed by atoms with Gasteiger partial charge in [0.05, 0.1) is 20.4 Å². The smallest absolute Gasteiger partial charge is 0.262 e. The van der Waals surface area contributed by atoms with Crippen LogP contribution in [0.5, 0.6) is 11.5 Å². The second-order valence-corrected chi connectivity index (χ2v) is 7.96. The molecule has 7 nitrogen and oxygen atoms in total. The van der Waals surface area contributed by atoms with Gasteiger partial charge in [-0.2, -0.15) is 5.10 Å². The number of ether oxygens (including phenoxy) is 2. The number of rotatable bonds is 8. The van der Waals surface area contributed by atoms with Crippen LogP contribution in [0.1, 0.15) is 29.8 Å². The van der Waals surface area contributed by atoms with Crippen molar-refractivity contribution < 1.29 is 19.1 Å². The molecule has 0 bridgehead atoms. The van der Waals surface area contributed by atoms with Crippen molar-refractivity contribution >= 4 is 45.6 Å². The number of amides is 2. The lowest BCUT2D eigenvalue weighted by atomic mass is 10.0. The van der Waals surface area contributed by atoms with E-state index in [-0.39, 0.29) is 11.8 Å². The van der Waals surface area contributed by atoms with E-state index in [0.29, 0.717) is 27.6 Å². The zero-order chi connectivity index (χ0) is 22.3. The largest absolute Gasteiger partial charge is 0.493 e. The van der Waals surface area contributed by atoms with Crippen LogP contribution in [0.3, 0.4) is 0 Å². The summed E-state index contributed by atoms with van der Waals surface area (Å²) in [7, 11) is 3.08. The van der Waals surface area contributed by atoms with E-state index in [0.717, 1.165) is 4.47 Å². The van der Waals surface area contributed by atoms with E-state index >= 15 is 0 Å². The van der Waals surface area contributed by atoms with E-state index in [4.69, 9.17) is 21.1 Å². The molecule has 2 aromatic carbocycles. The molecule has 0 saturated heterocycles. The predicted octanol–water partition coefficient (Wildman–Crippen LogP) is 4.02. The Hall–Kier alpha value is -2.58. The zero-order valence-electron chi connectivity index (χ0n) is 17.0. The molecule has 1 atom stereocenters. The van der Waals surface area contributed by atoms with Gasteiger partial charge < -0.3 is 14.8 Å². The Morgan fingerprint density at radius 3 is 2.27 bits per heavy atom. The monoisotopic (exact) mass is 495 g/mol. The van der Waals surface area contributed by atoms with Crippen molar-refractivity contribution in [1.82, 2.24) is 10.7 Å². The first-order valence-electron chi connectivity index (χ1n) is 9.07. The molecule has 0 heterocycles. The highest BCUT2D eigenvalue weighted by atomic mass is 79.9. The first kappa shape index (κ1) is 23.7. The minimum Gasteiger partial charge on any atom is -0.493 e. The minimum absolute atomic E-state index is 0.149. The normalized spacial score (nSPS) is 12.0. The molecule has 0 aliphatic heterocycles. The highest BCUT2D eigenvalue weighted by molar-refractivity contribution is 9.10. The molecule has 0 saturated carbocycles. The van der Waals surface area contributed by atoms with Gasteiger partial charge in [0.1, 0.15) is 6.04 Å². The number of methoxy groups -OCH3 is 2. The first-order valence-corrected chi connectivity index (χ1v) is 10.2. The van der Waals surface area contributed by atoms with E-state index < -0.39 is 11.9 Å². The maximum Gasteiger partial charge on any atom is 0.262 e. The summed E-state index contributed by atoms with van der Waals surface area (Å²) in [4.78, 5) is 25.0. The molecule has 2 amide bonds. The van der Waals surface area contributed by atoms with Gasteiger partial charge >= 0.3 is 0 Å². The maximum atomic E-state index is 12.6. The van der Waals surface area contributed by atoms with Crippen LogP contribution in [-0.4, -0.2) is 38.3 Å². The van der Waals surface area contributed by atoms with Crippen molar-refractivity contribution in [3.8, 4) is 11.5 Å². The Labute approximate surface area is 188 Å². The van der Waals surface area contributed by atoms with E-state index in [1.54, 1.807) is 43.5 Å². The lowest BCUT2D eigenvalue weighted by Crippen LogP contribution is -2.48. The van der Waals surface area contributed by atoms with Crippen LogP contribution in [0.25, 0.3) is 0 Å². The summed E-state index contributed by atoms with van der Waals surface area (Å²) in [6.45, 7) is 3.67. The summed E-state index contributed by atoms with van der Waals surface area (Å²) in [5.41, 5.74) is 3.57. The molecule has 30 heavy (non-hydrogen) atoms. The van der Waals surface area contributed by atoms with E-state index in [1.165, 1.54) is 13.3 Å². The lowest BCUT2D eigenvalue weighted by molar-refractivity contribution is -0.123. The lowest BCUT2D eigenvalue weighted by Gasteiger charge is -2.20. The Kier molecular flexibility index (Phi) is 8.68. The molecule has 0 fully saturated rings. The van der Waals surface area contributed by atoms with Gasteiger partial charge in [-0.05, 0) is 58.2 Å². The molecule has 0 spiro atoms. The average Bonchev–Trinajstić information content (AvgIpc) is 2.72. The van der Waals surface area contributed by atoms with E-state index in [9.17, 15) is 9.59 Å². The second kappa shape index (κ2) is 11.0. The van der Waals surface area contributed by atoms with E-state index in [2.05, 4.69) is 31.8 Å². The van der Waals surface area contributed by atoms with Gasteiger partial charge in [-0.15, -0.1) is 0 Å². The fourth-order valence-corrected chi connectivity index (χ4v) is 3.12.